The minimum atomic E-state index is -1.32. The van der Waals surface area contributed by atoms with E-state index in [1.807, 2.05) is 24.3 Å². The van der Waals surface area contributed by atoms with Crippen LogP contribution in [-0.2, 0) is 16.0 Å². The molecule has 2 aromatic carbocycles. The molecule has 0 aliphatic heterocycles. The maximum atomic E-state index is 13.2. The highest BCUT2D eigenvalue weighted by atomic mass is 35.5. The fraction of sp³-hybridized carbons (Fsp3) is 0.300. The van der Waals surface area contributed by atoms with Crippen LogP contribution in [0.5, 0.6) is 5.75 Å². The first kappa shape index (κ1) is 20.7. The molecule has 0 unspecified atom stereocenters. The van der Waals surface area contributed by atoms with Crippen LogP contribution in [0.15, 0.2) is 42.5 Å². The molecule has 144 valence electrons. The number of halogens is 2. The number of hydrogen-bond acceptors (Lipinski definition) is 3. The molecule has 7 heteroatoms. The molecule has 0 saturated heterocycles. The van der Waals surface area contributed by atoms with E-state index in [9.17, 15) is 14.0 Å². The molecule has 0 spiro atoms. The van der Waals surface area contributed by atoms with Crippen LogP contribution < -0.4 is 15.4 Å². The Bertz CT molecular complexity index is 840. The van der Waals surface area contributed by atoms with Gasteiger partial charge in [-0.05, 0) is 50.1 Å². The van der Waals surface area contributed by atoms with Crippen LogP contribution in [0.25, 0.3) is 0 Å². The zero-order valence-corrected chi connectivity index (χ0v) is 16.2. The van der Waals surface area contributed by atoms with Gasteiger partial charge in [-0.3, -0.25) is 9.59 Å². The van der Waals surface area contributed by atoms with E-state index in [2.05, 4.69) is 10.6 Å². The van der Waals surface area contributed by atoms with Gasteiger partial charge in [0.05, 0.1) is 12.1 Å². The topological polar surface area (TPSA) is 67.4 Å². The number of anilines is 1. The predicted molar refractivity (Wildman–Crippen MR) is 104 cm³/mol. The van der Waals surface area contributed by atoms with Crippen molar-refractivity contribution in [2.45, 2.75) is 20.3 Å². The maximum Gasteiger partial charge on any atom is 0.239 e. The zero-order valence-electron chi connectivity index (χ0n) is 15.4. The number of rotatable bonds is 7. The Hall–Kier alpha value is -2.60. The lowest BCUT2D eigenvalue weighted by atomic mass is 9.90. The Morgan fingerprint density at radius 2 is 1.85 bits per heavy atom. The molecule has 2 rings (SSSR count). The third kappa shape index (κ3) is 5.20. The summed E-state index contributed by atoms with van der Waals surface area (Å²) in [6.45, 7) is 3.40. The molecule has 0 bridgehead atoms. The fourth-order valence-electron chi connectivity index (χ4n) is 2.41. The first-order valence-corrected chi connectivity index (χ1v) is 8.80. The van der Waals surface area contributed by atoms with Gasteiger partial charge in [0.1, 0.15) is 17.0 Å². The van der Waals surface area contributed by atoms with E-state index in [1.54, 1.807) is 7.11 Å². The average Bonchev–Trinajstić information content (AvgIpc) is 2.64. The second-order valence-corrected chi connectivity index (χ2v) is 6.93. The molecule has 0 fully saturated rings. The zero-order chi connectivity index (χ0) is 20.0. The van der Waals surface area contributed by atoms with Crippen molar-refractivity contribution in [3.63, 3.8) is 0 Å². The van der Waals surface area contributed by atoms with Crippen LogP contribution >= 0.6 is 11.6 Å². The standard InChI is InChI=1S/C20H22ClFN2O3/c1-20(2,19(26)24-14-8-9-16(22)15(21)12-14)18(25)23-11-10-13-6-4-5-7-17(13)27-3/h4-9,12H,10-11H2,1-3H3,(H,23,25)(H,24,26). The fourth-order valence-corrected chi connectivity index (χ4v) is 2.59. The first-order valence-electron chi connectivity index (χ1n) is 8.42. The molecule has 0 aliphatic rings. The molecule has 0 heterocycles. The molecule has 2 amide bonds. The van der Waals surface area contributed by atoms with E-state index >= 15 is 0 Å². The van der Waals surface area contributed by atoms with Gasteiger partial charge in [0.25, 0.3) is 0 Å². The molecule has 2 N–H and O–H groups in total. The first-order chi connectivity index (χ1) is 12.8. The highest BCUT2D eigenvalue weighted by Gasteiger charge is 2.36. The monoisotopic (exact) mass is 392 g/mol. The quantitative estimate of drug-likeness (QED) is 0.704. The summed E-state index contributed by atoms with van der Waals surface area (Å²) in [5, 5.41) is 5.25. The summed E-state index contributed by atoms with van der Waals surface area (Å²) in [4.78, 5) is 24.9. The smallest absolute Gasteiger partial charge is 0.239 e. The van der Waals surface area contributed by atoms with Crippen molar-refractivity contribution >= 4 is 29.1 Å². The number of carbonyl (C=O) groups is 2. The lowest BCUT2D eigenvalue weighted by Crippen LogP contribution is -2.45. The van der Waals surface area contributed by atoms with Crippen LogP contribution in [-0.4, -0.2) is 25.5 Å². The normalized spacial score (nSPS) is 11.0. The average molecular weight is 393 g/mol. The summed E-state index contributed by atoms with van der Waals surface area (Å²) in [5.74, 6) is -0.761. The largest absolute Gasteiger partial charge is 0.496 e. The van der Waals surface area contributed by atoms with Gasteiger partial charge >= 0.3 is 0 Å². The molecule has 5 nitrogen and oxygen atoms in total. The van der Waals surface area contributed by atoms with Gasteiger partial charge in [-0.25, -0.2) is 4.39 Å². The van der Waals surface area contributed by atoms with Crippen molar-refractivity contribution in [2.24, 2.45) is 5.41 Å². The molecule has 0 radical (unpaired) electrons. The minimum absolute atomic E-state index is 0.105. The van der Waals surface area contributed by atoms with Crippen molar-refractivity contribution in [3.05, 3.63) is 58.9 Å². The van der Waals surface area contributed by atoms with Crippen molar-refractivity contribution in [1.82, 2.24) is 5.32 Å². The van der Waals surface area contributed by atoms with E-state index in [0.717, 1.165) is 17.4 Å². The van der Waals surface area contributed by atoms with Crippen LogP contribution in [0.3, 0.4) is 0 Å². The summed E-state index contributed by atoms with van der Waals surface area (Å²) in [6, 6.07) is 11.4. The number of carbonyl (C=O) groups excluding carboxylic acids is 2. The van der Waals surface area contributed by atoms with Crippen LogP contribution in [0.4, 0.5) is 10.1 Å². The molecule has 2 aromatic rings. The number of methoxy groups -OCH3 is 1. The van der Waals surface area contributed by atoms with Crippen LogP contribution in [0, 0.1) is 11.2 Å². The second-order valence-electron chi connectivity index (χ2n) is 6.53. The van der Waals surface area contributed by atoms with E-state index in [-0.39, 0.29) is 5.02 Å². The second kappa shape index (κ2) is 8.86. The highest BCUT2D eigenvalue weighted by Crippen LogP contribution is 2.23. The molecule has 0 aromatic heterocycles. The van der Waals surface area contributed by atoms with Crippen molar-refractivity contribution in [1.29, 1.82) is 0 Å². The van der Waals surface area contributed by atoms with Gasteiger partial charge in [0, 0.05) is 12.2 Å². The summed E-state index contributed by atoms with van der Waals surface area (Å²) in [6.07, 6.45) is 0.570. The number of hydrogen-bond donors (Lipinski definition) is 2. The van der Waals surface area contributed by atoms with E-state index < -0.39 is 23.0 Å². The van der Waals surface area contributed by atoms with Crippen molar-refractivity contribution in [3.8, 4) is 5.75 Å². The lowest BCUT2D eigenvalue weighted by molar-refractivity contribution is -0.138. The number of benzene rings is 2. The van der Waals surface area contributed by atoms with Gasteiger partial charge in [0.2, 0.25) is 11.8 Å². The Balaban J connectivity index is 1.95. The van der Waals surface area contributed by atoms with Crippen LogP contribution in [0.2, 0.25) is 5.02 Å². The Kier molecular flexibility index (Phi) is 6.80. The molecule has 0 atom stereocenters. The predicted octanol–water partition coefficient (Wildman–Crippen LogP) is 3.81. The lowest BCUT2D eigenvalue weighted by Gasteiger charge is -2.23. The van der Waals surface area contributed by atoms with Crippen molar-refractivity contribution < 1.29 is 18.7 Å². The minimum Gasteiger partial charge on any atom is -0.496 e. The molecular weight excluding hydrogens is 371 g/mol. The maximum absolute atomic E-state index is 13.2. The molecular formula is C20H22ClFN2O3. The third-order valence-electron chi connectivity index (χ3n) is 4.19. The van der Waals surface area contributed by atoms with E-state index in [1.165, 1.54) is 26.0 Å². The van der Waals surface area contributed by atoms with Gasteiger partial charge in [0.15, 0.2) is 0 Å². The molecule has 0 saturated carbocycles. The number of nitrogens with one attached hydrogen (secondary N) is 2. The van der Waals surface area contributed by atoms with Gasteiger partial charge in [-0.2, -0.15) is 0 Å². The summed E-state index contributed by atoms with van der Waals surface area (Å²) in [5.41, 5.74) is -0.0356. The van der Waals surface area contributed by atoms with Gasteiger partial charge in [-0.15, -0.1) is 0 Å². The Morgan fingerprint density at radius 3 is 2.52 bits per heavy atom. The Labute approximate surface area is 162 Å². The SMILES string of the molecule is COc1ccccc1CCNC(=O)C(C)(C)C(=O)Nc1ccc(F)c(Cl)c1. The molecule has 0 aliphatic carbocycles. The molecule has 27 heavy (non-hydrogen) atoms. The Morgan fingerprint density at radius 1 is 1.15 bits per heavy atom. The van der Waals surface area contributed by atoms with E-state index in [4.69, 9.17) is 16.3 Å². The van der Waals surface area contributed by atoms with E-state index in [0.29, 0.717) is 18.7 Å². The summed E-state index contributed by atoms with van der Waals surface area (Å²) in [7, 11) is 1.59. The number of ether oxygens (including phenoxy) is 1. The highest BCUT2D eigenvalue weighted by molar-refractivity contribution is 6.31. The summed E-state index contributed by atoms with van der Waals surface area (Å²) >= 11 is 5.71. The van der Waals surface area contributed by atoms with Crippen molar-refractivity contribution in [2.75, 3.05) is 19.0 Å². The van der Waals surface area contributed by atoms with Gasteiger partial charge < -0.3 is 15.4 Å². The third-order valence-corrected chi connectivity index (χ3v) is 4.47. The van der Waals surface area contributed by atoms with Crippen LogP contribution in [0.1, 0.15) is 19.4 Å². The summed E-state index contributed by atoms with van der Waals surface area (Å²) < 4.78 is 18.5. The van der Waals surface area contributed by atoms with Gasteiger partial charge in [-0.1, -0.05) is 29.8 Å². The number of para-hydroxylation sites is 1. The number of amides is 2.